The lowest BCUT2D eigenvalue weighted by Crippen LogP contribution is -2.49. The molecule has 0 bridgehead atoms. The number of aromatic nitrogens is 2. The highest BCUT2D eigenvalue weighted by Crippen LogP contribution is 2.21. The fourth-order valence-electron chi connectivity index (χ4n) is 2.69. The van der Waals surface area contributed by atoms with Crippen LogP contribution in [0.3, 0.4) is 0 Å². The molecule has 0 aliphatic carbocycles. The minimum atomic E-state index is -0.0383. The minimum Gasteiger partial charge on any atom is -0.382 e. The Hall–Kier alpha value is -2.50. The Balaban J connectivity index is 1.65. The van der Waals surface area contributed by atoms with Crippen molar-refractivity contribution in [3.05, 3.63) is 41.6 Å². The minimum absolute atomic E-state index is 0.0383. The van der Waals surface area contributed by atoms with Crippen LogP contribution in [0, 0.1) is 6.92 Å². The van der Waals surface area contributed by atoms with Crippen LogP contribution in [-0.2, 0) is 0 Å². The lowest BCUT2D eigenvalue weighted by atomic mass is 10.1. The third-order valence-electron chi connectivity index (χ3n) is 3.85. The summed E-state index contributed by atoms with van der Waals surface area (Å²) in [7, 11) is 0. The molecular weight excluding hydrogens is 266 g/mol. The highest BCUT2D eigenvalue weighted by Gasteiger charge is 2.23. The van der Waals surface area contributed by atoms with E-state index >= 15 is 0 Å². The van der Waals surface area contributed by atoms with Crippen LogP contribution in [0.15, 0.2) is 30.3 Å². The summed E-state index contributed by atoms with van der Waals surface area (Å²) < 4.78 is 0. The van der Waals surface area contributed by atoms with Gasteiger partial charge in [-0.1, -0.05) is 18.2 Å². The van der Waals surface area contributed by atoms with Gasteiger partial charge in [-0.2, -0.15) is 5.10 Å². The second-order valence-electron chi connectivity index (χ2n) is 5.27. The van der Waals surface area contributed by atoms with Gasteiger partial charge >= 0.3 is 0 Å². The number of nitrogens with zero attached hydrogens (tertiary/aromatic N) is 3. The molecule has 1 fully saturated rings. The van der Waals surface area contributed by atoms with Crippen molar-refractivity contribution in [1.29, 1.82) is 0 Å². The van der Waals surface area contributed by atoms with E-state index in [1.807, 2.05) is 17.0 Å². The molecule has 6 nitrogen and oxygen atoms in total. The highest BCUT2D eigenvalue weighted by atomic mass is 16.2. The number of hydrogen-bond donors (Lipinski definition) is 2. The molecule has 1 saturated heterocycles. The number of carbonyl (C=O) groups is 1. The Bertz CT molecular complexity index is 643. The third kappa shape index (κ3) is 2.69. The Morgan fingerprint density at radius 2 is 1.95 bits per heavy atom. The molecule has 1 aromatic heterocycles. The zero-order valence-corrected chi connectivity index (χ0v) is 12.0. The predicted octanol–water partition coefficient (Wildman–Crippen LogP) is 1.26. The molecule has 6 heteroatoms. The first kappa shape index (κ1) is 13.5. The van der Waals surface area contributed by atoms with Crippen LogP contribution in [0.5, 0.6) is 0 Å². The number of nitrogens with one attached hydrogen (secondary N) is 1. The summed E-state index contributed by atoms with van der Waals surface area (Å²) in [6.07, 6.45) is 0. The normalized spacial score (nSPS) is 15.3. The van der Waals surface area contributed by atoms with Crippen molar-refractivity contribution in [2.45, 2.75) is 6.92 Å². The van der Waals surface area contributed by atoms with Gasteiger partial charge < -0.3 is 15.5 Å². The first-order chi connectivity index (χ1) is 10.1. The molecule has 0 unspecified atom stereocenters. The van der Waals surface area contributed by atoms with Gasteiger partial charge in [-0.25, -0.2) is 0 Å². The van der Waals surface area contributed by atoms with Crippen LogP contribution < -0.4 is 10.6 Å². The smallest absolute Gasteiger partial charge is 0.272 e. The number of para-hydroxylation sites is 1. The van der Waals surface area contributed by atoms with E-state index in [9.17, 15) is 4.79 Å². The van der Waals surface area contributed by atoms with Gasteiger partial charge in [0, 0.05) is 37.9 Å². The van der Waals surface area contributed by atoms with E-state index in [1.165, 1.54) is 11.3 Å². The second-order valence-corrected chi connectivity index (χ2v) is 5.27. The Morgan fingerprint density at radius 1 is 1.24 bits per heavy atom. The molecule has 1 amide bonds. The molecule has 21 heavy (non-hydrogen) atoms. The fourth-order valence-corrected chi connectivity index (χ4v) is 2.69. The van der Waals surface area contributed by atoms with E-state index in [1.54, 1.807) is 6.07 Å². The number of amides is 1. The summed E-state index contributed by atoms with van der Waals surface area (Å²) in [6, 6.07) is 9.91. The molecular formula is C15H19N5O. The number of hydrogen-bond acceptors (Lipinski definition) is 4. The molecule has 0 atom stereocenters. The lowest BCUT2D eigenvalue weighted by Gasteiger charge is -2.36. The second kappa shape index (κ2) is 5.47. The molecule has 2 aromatic rings. The number of aryl methyl sites for hydroxylation is 1. The molecule has 2 heterocycles. The van der Waals surface area contributed by atoms with Crippen LogP contribution in [-0.4, -0.2) is 47.2 Å². The topological polar surface area (TPSA) is 78.2 Å². The molecule has 0 radical (unpaired) electrons. The number of carbonyl (C=O) groups excluding carboxylic acids is 1. The van der Waals surface area contributed by atoms with Gasteiger partial charge in [0.2, 0.25) is 0 Å². The maximum absolute atomic E-state index is 12.3. The number of aromatic amines is 1. The van der Waals surface area contributed by atoms with Crippen molar-refractivity contribution >= 4 is 17.4 Å². The summed E-state index contributed by atoms with van der Waals surface area (Å²) in [5.74, 6) is 0.306. The molecule has 1 aromatic carbocycles. The summed E-state index contributed by atoms with van der Waals surface area (Å²) in [5, 5.41) is 6.48. The van der Waals surface area contributed by atoms with E-state index in [-0.39, 0.29) is 5.91 Å². The first-order valence-corrected chi connectivity index (χ1v) is 7.06. The monoisotopic (exact) mass is 285 g/mol. The maximum atomic E-state index is 12.3. The third-order valence-corrected chi connectivity index (χ3v) is 3.85. The predicted molar refractivity (Wildman–Crippen MR) is 82.3 cm³/mol. The number of rotatable bonds is 2. The lowest BCUT2D eigenvalue weighted by molar-refractivity contribution is 0.0741. The number of nitrogen functional groups attached to an aromatic ring is 1. The van der Waals surface area contributed by atoms with Crippen molar-refractivity contribution in [2.75, 3.05) is 36.8 Å². The van der Waals surface area contributed by atoms with Gasteiger partial charge in [0.1, 0.15) is 11.5 Å². The Morgan fingerprint density at radius 3 is 2.57 bits per heavy atom. The number of nitrogens with two attached hydrogens (primary N) is 1. The number of anilines is 2. The van der Waals surface area contributed by atoms with Crippen LogP contribution in [0.2, 0.25) is 0 Å². The molecule has 1 aliphatic rings. The van der Waals surface area contributed by atoms with Gasteiger partial charge in [0.05, 0.1) is 0 Å². The highest BCUT2D eigenvalue weighted by molar-refractivity contribution is 5.93. The molecule has 1 aliphatic heterocycles. The SMILES string of the molecule is Cc1ccccc1N1CCN(C(=O)c2cc(N)n[nH]2)CC1. The zero-order chi connectivity index (χ0) is 14.8. The summed E-state index contributed by atoms with van der Waals surface area (Å²) in [4.78, 5) is 16.5. The van der Waals surface area contributed by atoms with Crippen LogP contribution >= 0.6 is 0 Å². The van der Waals surface area contributed by atoms with Gasteiger partial charge in [-0.05, 0) is 18.6 Å². The summed E-state index contributed by atoms with van der Waals surface area (Å²) in [6.45, 7) is 5.18. The average molecular weight is 285 g/mol. The van der Waals surface area contributed by atoms with Gasteiger partial charge in [-0.3, -0.25) is 9.89 Å². The number of piperazine rings is 1. The van der Waals surface area contributed by atoms with E-state index in [0.29, 0.717) is 24.6 Å². The largest absolute Gasteiger partial charge is 0.382 e. The molecule has 110 valence electrons. The van der Waals surface area contributed by atoms with Gasteiger partial charge in [0.15, 0.2) is 0 Å². The van der Waals surface area contributed by atoms with Crippen LogP contribution in [0.1, 0.15) is 16.1 Å². The van der Waals surface area contributed by atoms with E-state index in [2.05, 4.69) is 34.2 Å². The van der Waals surface area contributed by atoms with Crippen LogP contribution in [0.4, 0.5) is 11.5 Å². The van der Waals surface area contributed by atoms with E-state index in [0.717, 1.165) is 13.1 Å². The van der Waals surface area contributed by atoms with Crippen LogP contribution in [0.25, 0.3) is 0 Å². The number of benzene rings is 1. The van der Waals surface area contributed by atoms with Crippen molar-refractivity contribution in [2.24, 2.45) is 0 Å². The number of H-pyrrole nitrogens is 1. The summed E-state index contributed by atoms with van der Waals surface area (Å²) in [5.41, 5.74) is 8.50. The Kier molecular flexibility index (Phi) is 3.51. The van der Waals surface area contributed by atoms with Crippen molar-refractivity contribution in [1.82, 2.24) is 15.1 Å². The molecule has 3 rings (SSSR count). The maximum Gasteiger partial charge on any atom is 0.272 e. The quantitative estimate of drug-likeness (QED) is 0.871. The molecule has 0 saturated carbocycles. The van der Waals surface area contributed by atoms with E-state index < -0.39 is 0 Å². The average Bonchev–Trinajstić information content (AvgIpc) is 2.94. The van der Waals surface area contributed by atoms with Crippen molar-refractivity contribution in [3.8, 4) is 0 Å². The zero-order valence-electron chi connectivity index (χ0n) is 12.0. The van der Waals surface area contributed by atoms with E-state index in [4.69, 9.17) is 5.73 Å². The fraction of sp³-hybridized carbons (Fsp3) is 0.333. The molecule has 3 N–H and O–H groups in total. The summed E-state index contributed by atoms with van der Waals surface area (Å²) >= 11 is 0. The van der Waals surface area contributed by atoms with Gasteiger partial charge in [-0.15, -0.1) is 0 Å². The Labute approximate surface area is 123 Å². The van der Waals surface area contributed by atoms with Gasteiger partial charge in [0.25, 0.3) is 5.91 Å². The first-order valence-electron chi connectivity index (χ1n) is 7.06. The molecule has 0 spiro atoms. The standard InChI is InChI=1S/C15H19N5O/c1-11-4-2-3-5-13(11)19-6-8-20(9-7-19)15(21)12-10-14(16)18-17-12/h2-5,10H,6-9H2,1H3,(H3,16,17,18). The van der Waals surface area contributed by atoms with Crippen molar-refractivity contribution in [3.63, 3.8) is 0 Å². The van der Waals surface area contributed by atoms with Crippen molar-refractivity contribution < 1.29 is 4.79 Å².